The molecule has 2 rings (SSSR count). The van der Waals surface area contributed by atoms with Gasteiger partial charge in [-0.2, -0.15) is 0 Å². The minimum absolute atomic E-state index is 0.137. The van der Waals surface area contributed by atoms with Crippen molar-refractivity contribution >= 4 is 23.2 Å². The van der Waals surface area contributed by atoms with Crippen molar-refractivity contribution in [1.82, 2.24) is 5.32 Å². The van der Waals surface area contributed by atoms with Crippen LogP contribution in [0.4, 0.5) is 11.4 Å². The molecule has 2 unspecified atom stereocenters. The van der Waals surface area contributed by atoms with E-state index in [1.54, 1.807) is 6.92 Å². The highest BCUT2D eigenvalue weighted by Crippen LogP contribution is 2.32. The second kappa shape index (κ2) is 5.49. The molecule has 2 atom stereocenters. The lowest BCUT2D eigenvalue weighted by molar-refractivity contribution is -0.384. The van der Waals surface area contributed by atoms with Gasteiger partial charge in [-0.05, 0) is 25.5 Å². The Morgan fingerprint density at radius 3 is 2.71 bits per heavy atom. The quantitative estimate of drug-likeness (QED) is 0.476. The van der Waals surface area contributed by atoms with Crippen LogP contribution in [-0.4, -0.2) is 34.4 Å². The number of aliphatic hydroxyl groups excluding tert-OH is 1. The standard InChI is InChI=1S/C13H15N3O5/c1-7-13(19)14-12(18)6-15(7)10-4-3-9(8(2)17)5-11(10)16(20)21/h3-5,7-8,17H,6H2,1-2H3,(H,14,18,19). The zero-order valence-corrected chi connectivity index (χ0v) is 11.6. The van der Waals surface area contributed by atoms with E-state index in [4.69, 9.17) is 0 Å². The first-order valence-electron chi connectivity index (χ1n) is 6.38. The fourth-order valence-electron chi connectivity index (χ4n) is 2.20. The lowest BCUT2D eigenvalue weighted by Gasteiger charge is -2.33. The summed E-state index contributed by atoms with van der Waals surface area (Å²) < 4.78 is 0. The van der Waals surface area contributed by atoms with Gasteiger partial charge in [-0.3, -0.25) is 25.0 Å². The van der Waals surface area contributed by atoms with Crippen LogP contribution in [0, 0.1) is 10.1 Å². The van der Waals surface area contributed by atoms with Gasteiger partial charge in [-0.15, -0.1) is 0 Å². The molecule has 1 aromatic rings. The number of rotatable bonds is 3. The Morgan fingerprint density at radius 1 is 1.48 bits per heavy atom. The van der Waals surface area contributed by atoms with Crippen molar-refractivity contribution in [3.8, 4) is 0 Å². The zero-order valence-electron chi connectivity index (χ0n) is 11.6. The number of carbonyl (C=O) groups is 2. The molecule has 0 bridgehead atoms. The molecule has 0 spiro atoms. The molecule has 1 fully saturated rings. The predicted octanol–water partition coefficient (Wildman–Crippen LogP) is 0.499. The molecule has 0 aliphatic carbocycles. The van der Waals surface area contributed by atoms with Crippen LogP contribution in [0.2, 0.25) is 0 Å². The van der Waals surface area contributed by atoms with Gasteiger partial charge in [0.15, 0.2) is 0 Å². The number of benzene rings is 1. The molecule has 1 aliphatic heterocycles. The van der Waals surface area contributed by atoms with Crippen LogP contribution in [0.5, 0.6) is 0 Å². The van der Waals surface area contributed by atoms with Gasteiger partial charge in [0.2, 0.25) is 11.8 Å². The van der Waals surface area contributed by atoms with Gasteiger partial charge in [0, 0.05) is 6.07 Å². The summed E-state index contributed by atoms with van der Waals surface area (Å²) in [5.41, 5.74) is 0.328. The molecule has 2 amide bonds. The average Bonchev–Trinajstić information content (AvgIpc) is 2.42. The average molecular weight is 293 g/mol. The van der Waals surface area contributed by atoms with Crippen molar-refractivity contribution in [2.45, 2.75) is 26.0 Å². The minimum Gasteiger partial charge on any atom is -0.389 e. The maximum Gasteiger partial charge on any atom is 0.292 e. The maximum atomic E-state index is 11.7. The molecular weight excluding hydrogens is 278 g/mol. The van der Waals surface area contributed by atoms with Crippen molar-refractivity contribution in [2.75, 3.05) is 11.4 Å². The second-order valence-electron chi connectivity index (χ2n) is 4.90. The number of nitrogens with zero attached hydrogens (tertiary/aromatic N) is 2. The van der Waals surface area contributed by atoms with Gasteiger partial charge < -0.3 is 10.0 Å². The molecule has 1 aliphatic rings. The number of amides is 2. The third-order valence-corrected chi connectivity index (χ3v) is 3.41. The Bertz CT molecular complexity index is 614. The van der Waals surface area contributed by atoms with E-state index < -0.39 is 28.9 Å². The number of imide groups is 1. The largest absolute Gasteiger partial charge is 0.389 e. The van der Waals surface area contributed by atoms with E-state index in [2.05, 4.69) is 5.32 Å². The first kappa shape index (κ1) is 14.9. The van der Waals surface area contributed by atoms with E-state index in [1.807, 2.05) is 0 Å². The van der Waals surface area contributed by atoms with Crippen molar-refractivity contribution in [3.05, 3.63) is 33.9 Å². The van der Waals surface area contributed by atoms with Crippen LogP contribution in [0.3, 0.4) is 0 Å². The molecule has 0 aromatic heterocycles. The molecule has 8 nitrogen and oxygen atoms in total. The Kier molecular flexibility index (Phi) is 3.90. The summed E-state index contributed by atoms with van der Waals surface area (Å²) in [6.45, 7) is 2.93. The highest BCUT2D eigenvalue weighted by Gasteiger charge is 2.34. The van der Waals surface area contributed by atoms with Crippen LogP contribution in [0.1, 0.15) is 25.5 Å². The fourth-order valence-corrected chi connectivity index (χ4v) is 2.20. The molecule has 1 heterocycles. The van der Waals surface area contributed by atoms with E-state index in [0.717, 1.165) is 0 Å². The summed E-state index contributed by atoms with van der Waals surface area (Å²) in [6.07, 6.45) is -0.846. The number of piperazine rings is 1. The zero-order chi connectivity index (χ0) is 15.7. The smallest absolute Gasteiger partial charge is 0.292 e. The van der Waals surface area contributed by atoms with Crippen molar-refractivity contribution in [2.24, 2.45) is 0 Å². The van der Waals surface area contributed by atoms with Crippen molar-refractivity contribution < 1.29 is 19.6 Å². The first-order valence-corrected chi connectivity index (χ1v) is 6.38. The Balaban J connectivity index is 2.49. The Hall–Kier alpha value is -2.48. The van der Waals surface area contributed by atoms with E-state index in [9.17, 15) is 24.8 Å². The second-order valence-corrected chi connectivity index (χ2v) is 4.90. The SMILES string of the molecule is CC(O)c1ccc(N2CC(=O)NC(=O)C2C)c([N+](=O)[O-])c1. The van der Waals surface area contributed by atoms with Gasteiger partial charge in [-0.25, -0.2) is 0 Å². The van der Waals surface area contributed by atoms with Crippen molar-refractivity contribution in [1.29, 1.82) is 0 Å². The topological polar surface area (TPSA) is 113 Å². The van der Waals surface area contributed by atoms with Gasteiger partial charge in [0.1, 0.15) is 11.7 Å². The summed E-state index contributed by atoms with van der Waals surface area (Å²) in [7, 11) is 0. The van der Waals surface area contributed by atoms with Gasteiger partial charge in [-0.1, -0.05) is 6.07 Å². The molecule has 112 valence electrons. The van der Waals surface area contributed by atoms with Crippen LogP contribution >= 0.6 is 0 Å². The number of carbonyl (C=O) groups excluding carboxylic acids is 2. The predicted molar refractivity (Wildman–Crippen MR) is 73.7 cm³/mol. The molecule has 1 aromatic carbocycles. The number of hydrogen-bond donors (Lipinski definition) is 2. The molecule has 0 saturated carbocycles. The highest BCUT2D eigenvalue weighted by atomic mass is 16.6. The molecular formula is C13H15N3O5. The normalized spacial score (nSPS) is 20.1. The number of anilines is 1. The third kappa shape index (κ3) is 2.84. The monoisotopic (exact) mass is 293 g/mol. The molecule has 21 heavy (non-hydrogen) atoms. The van der Waals surface area contributed by atoms with E-state index in [1.165, 1.54) is 30.0 Å². The summed E-state index contributed by atoms with van der Waals surface area (Å²) in [5.74, 6) is -1.01. The van der Waals surface area contributed by atoms with E-state index in [-0.39, 0.29) is 17.9 Å². The van der Waals surface area contributed by atoms with Crippen LogP contribution in [-0.2, 0) is 9.59 Å². The molecule has 8 heteroatoms. The number of nitro groups is 1. The highest BCUT2D eigenvalue weighted by molar-refractivity contribution is 6.04. The van der Waals surface area contributed by atoms with Gasteiger partial charge in [0.25, 0.3) is 5.69 Å². The van der Waals surface area contributed by atoms with Crippen molar-refractivity contribution in [3.63, 3.8) is 0 Å². The number of aliphatic hydroxyl groups is 1. The minimum atomic E-state index is -0.846. The lowest BCUT2D eigenvalue weighted by atomic mass is 10.1. The number of nitro benzene ring substituents is 1. The molecule has 2 N–H and O–H groups in total. The Morgan fingerprint density at radius 2 is 2.14 bits per heavy atom. The van der Waals surface area contributed by atoms with Crippen LogP contribution in [0.25, 0.3) is 0 Å². The summed E-state index contributed by atoms with van der Waals surface area (Å²) >= 11 is 0. The number of hydrogen-bond acceptors (Lipinski definition) is 6. The third-order valence-electron chi connectivity index (χ3n) is 3.41. The van der Waals surface area contributed by atoms with Gasteiger partial charge in [0.05, 0.1) is 17.6 Å². The van der Waals surface area contributed by atoms with Crippen LogP contribution < -0.4 is 10.2 Å². The fraction of sp³-hybridized carbons (Fsp3) is 0.385. The first-order chi connectivity index (χ1) is 9.81. The number of nitrogens with one attached hydrogen (secondary N) is 1. The van der Waals surface area contributed by atoms with E-state index >= 15 is 0 Å². The molecule has 0 radical (unpaired) electrons. The summed E-state index contributed by atoms with van der Waals surface area (Å²) in [4.78, 5) is 35.1. The summed E-state index contributed by atoms with van der Waals surface area (Å²) in [5, 5.41) is 22.9. The van der Waals surface area contributed by atoms with E-state index in [0.29, 0.717) is 5.56 Å². The maximum absolute atomic E-state index is 11.7. The summed E-state index contributed by atoms with van der Waals surface area (Å²) in [6, 6.07) is 3.54. The Labute approximate surface area is 120 Å². The molecule has 1 saturated heterocycles. The van der Waals surface area contributed by atoms with Gasteiger partial charge >= 0.3 is 0 Å². The van der Waals surface area contributed by atoms with Crippen LogP contribution in [0.15, 0.2) is 18.2 Å². The lowest BCUT2D eigenvalue weighted by Crippen LogP contribution is -2.57.